The maximum absolute atomic E-state index is 13.5. The Labute approximate surface area is 249 Å². The minimum Gasteiger partial charge on any atom is -0.507 e. The number of aliphatic hydroxyl groups is 1. The van der Waals surface area contributed by atoms with Crippen LogP contribution in [0.25, 0.3) is 5.76 Å². The number of amides is 1. The van der Waals surface area contributed by atoms with E-state index in [4.69, 9.17) is 13.9 Å². The third kappa shape index (κ3) is 6.06. The summed E-state index contributed by atoms with van der Waals surface area (Å²) >= 11 is 0. The van der Waals surface area contributed by atoms with Gasteiger partial charge >= 0.3 is 0 Å². The van der Waals surface area contributed by atoms with Crippen LogP contribution in [-0.2, 0) is 22.7 Å². The Morgan fingerprint density at radius 1 is 0.814 bits per heavy atom. The topological polar surface area (TPSA) is 89.2 Å². The van der Waals surface area contributed by atoms with Crippen molar-refractivity contribution >= 4 is 17.4 Å². The summed E-state index contributed by atoms with van der Waals surface area (Å²) in [6.45, 7) is 2.47. The van der Waals surface area contributed by atoms with Crippen molar-refractivity contribution in [1.82, 2.24) is 4.90 Å². The molecular weight excluding hydrogens is 542 g/mol. The lowest BCUT2D eigenvalue weighted by molar-refractivity contribution is -0.140. The first-order valence-electron chi connectivity index (χ1n) is 13.9. The van der Waals surface area contributed by atoms with Crippen molar-refractivity contribution < 1.29 is 28.6 Å². The van der Waals surface area contributed by atoms with Crippen molar-refractivity contribution in [2.24, 2.45) is 0 Å². The molecule has 1 N–H and O–H groups in total. The molecule has 1 saturated heterocycles. The van der Waals surface area contributed by atoms with E-state index in [1.165, 1.54) is 11.2 Å². The Morgan fingerprint density at radius 2 is 1.58 bits per heavy atom. The standard InChI is InChI=1S/C36H29NO6/c1-24-8-5-9-25(20-24)23-42-28-17-15-26(16-18-28)34(38)32-33(37(36(40)35(32)39)22-31-14-7-19-41-31)27-10-6-13-30(21-27)43-29-11-3-2-4-12-29/h2-21,33,38H,22-23H2,1H3/b34-32+. The second-order valence-electron chi connectivity index (χ2n) is 10.3. The third-order valence-corrected chi connectivity index (χ3v) is 7.21. The number of carbonyl (C=O) groups excluding carboxylic acids is 2. The summed E-state index contributed by atoms with van der Waals surface area (Å²) in [6, 6.07) is 33.9. The Bertz CT molecular complexity index is 1770. The number of rotatable bonds is 9. The maximum atomic E-state index is 13.5. The first-order valence-corrected chi connectivity index (χ1v) is 13.9. The molecule has 1 atom stereocenters. The Balaban J connectivity index is 1.33. The molecule has 7 nitrogen and oxygen atoms in total. The second-order valence-corrected chi connectivity index (χ2v) is 10.3. The number of furan rings is 1. The van der Waals surface area contributed by atoms with Gasteiger partial charge in [0.1, 0.15) is 35.4 Å². The molecule has 1 fully saturated rings. The van der Waals surface area contributed by atoms with E-state index in [0.29, 0.717) is 40.7 Å². The van der Waals surface area contributed by atoms with Gasteiger partial charge < -0.3 is 23.9 Å². The van der Waals surface area contributed by atoms with E-state index in [0.717, 1.165) is 11.1 Å². The molecule has 0 aliphatic carbocycles. The summed E-state index contributed by atoms with van der Waals surface area (Å²) in [5.74, 6) is 0.525. The summed E-state index contributed by atoms with van der Waals surface area (Å²) < 4.78 is 17.4. The molecule has 2 heterocycles. The van der Waals surface area contributed by atoms with E-state index >= 15 is 0 Å². The molecule has 0 radical (unpaired) electrons. The smallest absolute Gasteiger partial charge is 0.296 e. The summed E-state index contributed by atoms with van der Waals surface area (Å²) in [4.78, 5) is 28.3. The van der Waals surface area contributed by atoms with Crippen LogP contribution in [0.3, 0.4) is 0 Å². The number of nitrogens with zero attached hydrogens (tertiary/aromatic N) is 1. The number of aryl methyl sites for hydroxylation is 1. The molecule has 4 aromatic carbocycles. The zero-order valence-electron chi connectivity index (χ0n) is 23.5. The number of hydrogen-bond acceptors (Lipinski definition) is 6. The predicted octanol–water partition coefficient (Wildman–Crippen LogP) is 7.58. The molecule has 43 heavy (non-hydrogen) atoms. The van der Waals surface area contributed by atoms with Crippen molar-refractivity contribution in [2.75, 3.05) is 0 Å². The van der Waals surface area contributed by atoms with Crippen molar-refractivity contribution in [1.29, 1.82) is 0 Å². The SMILES string of the molecule is Cc1cccc(COc2ccc(/C(O)=C3\C(=O)C(=O)N(Cc4ccco4)C3c3cccc(Oc4ccccc4)c3)cc2)c1. The fraction of sp³-hybridized carbons (Fsp3) is 0.111. The van der Waals surface area contributed by atoms with Crippen LogP contribution in [0, 0.1) is 6.92 Å². The molecule has 1 unspecified atom stereocenters. The number of aliphatic hydroxyl groups excluding tert-OH is 1. The van der Waals surface area contributed by atoms with Gasteiger partial charge in [-0.3, -0.25) is 9.59 Å². The quantitative estimate of drug-likeness (QED) is 0.111. The largest absolute Gasteiger partial charge is 0.507 e. The van der Waals surface area contributed by atoms with E-state index in [1.807, 2.05) is 55.5 Å². The predicted molar refractivity (Wildman–Crippen MR) is 161 cm³/mol. The molecule has 6 rings (SSSR count). The lowest BCUT2D eigenvalue weighted by atomic mass is 9.95. The van der Waals surface area contributed by atoms with Gasteiger partial charge in [-0.15, -0.1) is 0 Å². The first kappa shape index (κ1) is 27.6. The molecule has 0 spiro atoms. The number of ketones is 1. The fourth-order valence-electron chi connectivity index (χ4n) is 5.17. The Hall–Kier alpha value is -5.56. The normalized spacial score (nSPS) is 15.9. The molecule has 1 amide bonds. The molecule has 1 aromatic heterocycles. The number of hydrogen-bond donors (Lipinski definition) is 1. The van der Waals surface area contributed by atoms with Crippen LogP contribution >= 0.6 is 0 Å². The van der Waals surface area contributed by atoms with Crippen LogP contribution in [0.1, 0.15) is 34.1 Å². The molecule has 0 bridgehead atoms. The molecule has 7 heteroatoms. The lowest BCUT2D eigenvalue weighted by Crippen LogP contribution is -2.29. The van der Waals surface area contributed by atoms with Gasteiger partial charge in [-0.05, 0) is 78.7 Å². The summed E-state index contributed by atoms with van der Waals surface area (Å²) in [7, 11) is 0. The summed E-state index contributed by atoms with van der Waals surface area (Å²) in [5, 5.41) is 11.5. The average molecular weight is 572 g/mol. The van der Waals surface area contributed by atoms with Gasteiger partial charge in [-0.25, -0.2) is 0 Å². The van der Waals surface area contributed by atoms with Crippen LogP contribution < -0.4 is 9.47 Å². The van der Waals surface area contributed by atoms with E-state index < -0.39 is 17.7 Å². The summed E-state index contributed by atoms with van der Waals surface area (Å²) in [6.07, 6.45) is 1.51. The van der Waals surface area contributed by atoms with E-state index in [2.05, 4.69) is 6.07 Å². The van der Waals surface area contributed by atoms with Gasteiger partial charge in [0.2, 0.25) is 0 Å². The third-order valence-electron chi connectivity index (χ3n) is 7.21. The zero-order chi connectivity index (χ0) is 29.8. The zero-order valence-corrected chi connectivity index (χ0v) is 23.5. The molecular formula is C36H29NO6. The maximum Gasteiger partial charge on any atom is 0.296 e. The van der Waals surface area contributed by atoms with E-state index in [9.17, 15) is 14.7 Å². The first-order chi connectivity index (χ1) is 21.0. The van der Waals surface area contributed by atoms with Crippen molar-refractivity contribution in [2.45, 2.75) is 26.1 Å². The van der Waals surface area contributed by atoms with Gasteiger partial charge in [0, 0.05) is 5.56 Å². The van der Waals surface area contributed by atoms with Crippen molar-refractivity contribution in [3.63, 3.8) is 0 Å². The van der Waals surface area contributed by atoms with E-state index in [-0.39, 0.29) is 17.9 Å². The van der Waals surface area contributed by atoms with Gasteiger partial charge in [-0.2, -0.15) is 0 Å². The van der Waals surface area contributed by atoms with Gasteiger partial charge in [0.05, 0.1) is 24.4 Å². The molecule has 5 aromatic rings. The minimum atomic E-state index is -0.873. The minimum absolute atomic E-state index is 0.0122. The number of likely N-dealkylation sites (tertiary alicyclic amines) is 1. The van der Waals surface area contributed by atoms with E-state index in [1.54, 1.807) is 60.7 Å². The summed E-state index contributed by atoms with van der Waals surface area (Å²) in [5.41, 5.74) is 3.18. The lowest BCUT2D eigenvalue weighted by Gasteiger charge is -2.25. The van der Waals surface area contributed by atoms with Crippen molar-refractivity contribution in [3.05, 3.63) is 155 Å². The van der Waals surface area contributed by atoms with Gasteiger partial charge in [-0.1, -0.05) is 60.2 Å². The highest BCUT2D eigenvalue weighted by Crippen LogP contribution is 2.41. The Morgan fingerprint density at radius 3 is 2.33 bits per heavy atom. The number of Topliss-reactive ketones (excluding diaryl/α,β-unsaturated/α-hetero) is 1. The van der Waals surface area contributed by atoms with Crippen LogP contribution in [0.15, 0.2) is 132 Å². The highest BCUT2D eigenvalue weighted by atomic mass is 16.5. The molecule has 1 aliphatic heterocycles. The van der Waals surface area contributed by atoms with Crippen LogP contribution in [-0.4, -0.2) is 21.7 Å². The van der Waals surface area contributed by atoms with Crippen LogP contribution in [0.4, 0.5) is 0 Å². The second kappa shape index (κ2) is 12.1. The number of para-hydroxylation sites is 1. The number of ether oxygens (including phenoxy) is 2. The highest BCUT2D eigenvalue weighted by molar-refractivity contribution is 6.46. The van der Waals surface area contributed by atoms with Crippen molar-refractivity contribution in [3.8, 4) is 17.2 Å². The monoisotopic (exact) mass is 571 g/mol. The molecule has 0 saturated carbocycles. The highest BCUT2D eigenvalue weighted by Gasteiger charge is 2.46. The number of benzene rings is 4. The number of carbonyl (C=O) groups is 2. The van der Waals surface area contributed by atoms with Gasteiger partial charge in [0.25, 0.3) is 11.7 Å². The average Bonchev–Trinajstić information content (AvgIpc) is 3.63. The van der Waals surface area contributed by atoms with Crippen LogP contribution in [0.2, 0.25) is 0 Å². The fourth-order valence-corrected chi connectivity index (χ4v) is 5.17. The molecule has 214 valence electrons. The Kier molecular flexibility index (Phi) is 7.78. The van der Waals surface area contributed by atoms with Crippen LogP contribution in [0.5, 0.6) is 17.2 Å². The van der Waals surface area contributed by atoms with Gasteiger partial charge in [0.15, 0.2) is 0 Å². The molecule has 1 aliphatic rings.